The molecule has 2 saturated heterocycles. The van der Waals surface area contributed by atoms with Crippen LogP contribution in [0.4, 0.5) is 0 Å². The molecule has 0 spiro atoms. The van der Waals surface area contributed by atoms with E-state index in [0.29, 0.717) is 6.04 Å². The topological polar surface area (TPSA) is 6.48 Å². The van der Waals surface area contributed by atoms with Crippen LogP contribution in [0.5, 0.6) is 0 Å². The van der Waals surface area contributed by atoms with Crippen LogP contribution < -0.4 is 0 Å². The van der Waals surface area contributed by atoms with Crippen LogP contribution in [0.3, 0.4) is 0 Å². The van der Waals surface area contributed by atoms with Crippen molar-refractivity contribution >= 4 is 0 Å². The lowest BCUT2D eigenvalue weighted by molar-refractivity contribution is 0.0546. The highest BCUT2D eigenvalue weighted by atomic mass is 15.3. The van der Waals surface area contributed by atoms with Crippen molar-refractivity contribution in [2.45, 2.75) is 31.8 Å². The second-order valence-corrected chi connectivity index (χ2v) is 5.31. The molecule has 0 bridgehead atoms. The average Bonchev–Trinajstić information content (AvgIpc) is 2.85. The van der Waals surface area contributed by atoms with Gasteiger partial charge in [0.25, 0.3) is 0 Å². The van der Waals surface area contributed by atoms with E-state index >= 15 is 0 Å². The second kappa shape index (κ2) is 4.79. The molecule has 2 aliphatic heterocycles. The molecule has 17 heavy (non-hydrogen) atoms. The summed E-state index contributed by atoms with van der Waals surface area (Å²) in [6.07, 6.45) is 2.79. The van der Waals surface area contributed by atoms with E-state index in [1.54, 1.807) is 0 Å². The van der Waals surface area contributed by atoms with Gasteiger partial charge in [-0.2, -0.15) is 0 Å². The minimum Gasteiger partial charge on any atom is -0.297 e. The third kappa shape index (κ3) is 2.12. The van der Waals surface area contributed by atoms with E-state index in [1.165, 1.54) is 44.6 Å². The monoisotopic (exact) mass is 230 g/mol. The Labute approximate surface area is 104 Å². The lowest BCUT2D eigenvalue weighted by Crippen LogP contribution is -2.51. The number of hydrogen-bond donors (Lipinski definition) is 0. The molecule has 0 aromatic heterocycles. The molecule has 3 rings (SSSR count). The van der Waals surface area contributed by atoms with Gasteiger partial charge in [-0.05, 0) is 31.5 Å². The Hall–Kier alpha value is -0.860. The van der Waals surface area contributed by atoms with Gasteiger partial charge >= 0.3 is 0 Å². The summed E-state index contributed by atoms with van der Waals surface area (Å²) in [7, 11) is 0. The molecule has 2 nitrogen and oxygen atoms in total. The molecule has 92 valence electrons. The van der Waals surface area contributed by atoms with Crippen molar-refractivity contribution in [3.63, 3.8) is 0 Å². The molecule has 2 unspecified atom stereocenters. The summed E-state index contributed by atoms with van der Waals surface area (Å²) in [5.74, 6) is 0. The number of hydrogen-bond acceptors (Lipinski definition) is 2. The molecule has 1 aromatic rings. The number of likely N-dealkylation sites (N-methyl/N-ethyl adjacent to an activating group) is 1. The Kier molecular flexibility index (Phi) is 3.17. The van der Waals surface area contributed by atoms with E-state index in [9.17, 15) is 0 Å². The Morgan fingerprint density at radius 2 is 2.00 bits per heavy atom. The van der Waals surface area contributed by atoms with E-state index < -0.39 is 0 Å². The normalized spacial score (nSPS) is 30.4. The minimum absolute atomic E-state index is 0.607. The SMILES string of the molecule is CCN1CC2CCCN2CC1c1ccccc1. The number of benzene rings is 1. The Morgan fingerprint density at radius 3 is 2.76 bits per heavy atom. The van der Waals surface area contributed by atoms with E-state index in [-0.39, 0.29) is 0 Å². The van der Waals surface area contributed by atoms with E-state index in [4.69, 9.17) is 0 Å². The standard InChI is InChI=1S/C15H22N2/c1-2-16-11-14-9-6-10-17(14)12-15(16)13-7-4-3-5-8-13/h3-5,7-8,14-15H,2,6,9-12H2,1H3. The maximum Gasteiger partial charge on any atom is 0.0475 e. The highest BCUT2D eigenvalue weighted by Crippen LogP contribution is 2.31. The van der Waals surface area contributed by atoms with Gasteiger partial charge in [-0.15, -0.1) is 0 Å². The largest absolute Gasteiger partial charge is 0.297 e. The quantitative estimate of drug-likeness (QED) is 0.770. The first-order chi connectivity index (χ1) is 8.38. The van der Waals surface area contributed by atoms with Gasteiger partial charge in [0.15, 0.2) is 0 Å². The van der Waals surface area contributed by atoms with Crippen molar-refractivity contribution in [1.82, 2.24) is 9.80 Å². The van der Waals surface area contributed by atoms with Crippen LogP contribution in [0.1, 0.15) is 31.4 Å². The van der Waals surface area contributed by atoms with Crippen molar-refractivity contribution in [2.24, 2.45) is 0 Å². The van der Waals surface area contributed by atoms with Gasteiger partial charge in [-0.25, -0.2) is 0 Å². The predicted molar refractivity (Wildman–Crippen MR) is 71.0 cm³/mol. The smallest absolute Gasteiger partial charge is 0.0475 e. The lowest BCUT2D eigenvalue weighted by atomic mass is 10.00. The van der Waals surface area contributed by atoms with Gasteiger partial charge in [-0.1, -0.05) is 37.3 Å². The number of piperazine rings is 1. The second-order valence-electron chi connectivity index (χ2n) is 5.31. The third-order valence-corrected chi connectivity index (χ3v) is 4.38. The molecule has 0 saturated carbocycles. The summed E-state index contributed by atoms with van der Waals surface area (Å²) in [6, 6.07) is 12.4. The maximum absolute atomic E-state index is 2.70. The van der Waals surface area contributed by atoms with Crippen LogP contribution in [0.25, 0.3) is 0 Å². The zero-order valence-electron chi connectivity index (χ0n) is 10.7. The summed E-state index contributed by atoms with van der Waals surface area (Å²) in [5, 5.41) is 0. The van der Waals surface area contributed by atoms with Gasteiger partial charge in [-0.3, -0.25) is 9.80 Å². The molecule has 1 aromatic carbocycles. The highest BCUT2D eigenvalue weighted by Gasteiger charge is 2.35. The van der Waals surface area contributed by atoms with Crippen molar-refractivity contribution in [1.29, 1.82) is 0 Å². The van der Waals surface area contributed by atoms with Gasteiger partial charge in [0, 0.05) is 25.2 Å². The maximum atomic E-state index is 2.70. The Balaban J connectivity index is 1.82. The van der Waals surface area contributed by atoms with Crippen LogP contribution in [0.2, 0.25) is 0 Å². The first kappa shape index (κ1) is 11.2. The zero-order valence-corrected chi connectivity index (χ0v) is 10.7. The zero-order chi connectivity index (χ0) is 11.7. The number of nitrogens with zero attached hydrogens (tertiary/aromatic N) is 2. The van der Waals surface area contributed by atoms with Gasteiger partial charge in [0.05, 0.1) is 0 Å². The van der Waals surface area contributed by atoms with Crippen LogP contribution in [0.15, 0.2) is 30.3 Å². The molecule has 2 fully saturated rings. The van der Waals surface area contributed by atoms with Crippen molar-refractivity contribution < 1.29 is 0 Å². The van der Waals surface area contributed by atoms with Gasteiger partial charge in [0.2, 0.25) is 0 Å². The molecule has 0 radical (unpaired) electrons. The highest BCUT2D eigenvalue weighted by molar-refractivity contribution is 5.20. The predicted octanol–water partition coefficient (Wildman–Crippen LogP) is 2.53. The molecular formula is C15H22N2. The first-order valence-electron chi connectivity index (χ1n) is 6.91. The molecule has 2 atom stereocenters. The minimum atomic E-state index is 0.607. The molecule has 2 aliphatic rings. The lowest BCUT2D eigenvalue weighted by Gasteiger charge is -2.43. The fourth-order valence-electron chi connectivity index (χ4n) is 3.42. The van der Waals surface area contributed by atoms with Crippen molar-refractivity contribution in [3.05, 3.63) is 35.9 Å². The van der Waals surface area contributed by atoms with Crippen LogP contribution in [0, 0.1) is 0 Å². The van der Waals surface area contributed by atoms with E-state index in [2.05, 4.69) is 47.1 Å². The fourth-order valence-corrected chi connectivity index (χ4v) is 3.42. The third-order valence-electron chi connectivity index (χ3n) is 4.38. The first-order valence-corrected chi connectivity index (χ1v) is 6.91. The van der Waals surface area contributed by atoms with E-state index in [0.717, 1.165) is 6.04 Å². The summed E-state index contributed by atoms with van der Waals surface area (Å²) in [4.78, 5) is 5.35. The average molecular weight is 230 g/mol. The van der Waals surface area contributed by atoms with E-state index in [1.807, 2.05) is 0 Å². The summed E-state index contributed by atoms with van der Waals surface area (Å²) in [6.45, 7) is 7.26. The molecule has 2 heterocycles. The molecule has 2 heteroatoms. The summed E-state index contributed by atoms with van der Waals surface area (Å²) in [5.41, 5.74) is 1.49. The van der Waals surface area contributed by atoms with Crippen LogP contribution in [-0.2, 0) is 0 Å². The molecule has 0 N–H and O–H groups in total. The van der Waals surface area contributed by atoms with Gasteiger partial charge in [0.1, 0.15) is 0 Å². The number of rotatable bonds is 2. The Morgan fingerprint density at radius 1 is 1.18 bits per heavy atom. The molecular weight excluding hydrogens is 208 g/mol. The van der Waals surface area contributed by atoms with Gasteiger partial charge < -0.3 is 0 Å². The number of fused-ring (bicyclic) bond motifs is 1. The van der Waals surface area contributed by atoms with Crippen LogP contribution in [-0.4, -0.2) is 42.0 Å². The molecule has 0 amide bonds. The van der Waals surface area contributed by atoms with Crippen molar-refractivity contribution in [3.8, 4) is 0 Å². The fraction of sp³-hybridized carbons (Fsp3) is 0.600. The summed E-state index contributed by atoms with van der Waals surface area (Å²) >= 11 is 0. The Bertz CT molecular complexity index is 362. The summed E-state index contributed by atoms with van der Waals surface area (Å²) < 4.78 is 0. The van der Waals surface area contributed by atoms with Crippen molar-refractivity contribution in [2.75, 3.05) is 26.2 Å². The molecule has 0 aliphatic carbocycles. The van der Waals surface area contributed by atoms with Crippen LogP contribution >= 0.6 is 0 Å².